The number of carbonyl (C=O) groups is 1. The van der Waals surface area contributed by atoms with Crippen LogP contribution >= 0.6 is 0 Å². The summed E-state index contributed by atoms with van der Waals surface area (Å²) in [6.07, 6.45) is -5.26. The summed E-state index contributed by atoms with van der Waals surface area (Å²) in [6.45, 7) is 1.20. The van der Waals surface area contributed by atoms with Crippen molar-refractivity contribution in [2.24, 2.45) is 0 Å². The molecule has 1 saturated heterocycles. The van der Waals surface area contributed by atoms with E-state index in [2.05, 4.69) is 0 Å². The van der Waals surface area contributed by atoms with Crippen LogP contribution in [-0.2, 0) is 0 Å². The number of halogens is 3. The van der Waals surface area contributed by atoms with Gasteiger partial charge in [0.05, 0.1) is 18.7 Å². The first-order chi connectivity index (χ1) is 9.78. The van der Waals surface area contributed by atoms with Crippen LogP contribution in [0.1, 0.15) is 23.7 Å². The van der Waals surface area contributed by atoms with Gasteiger partial charge in [0, 0.05) is 13.0 Å². The molecule has 0 radical (unpaired) electrons. The van der Waals surface area contributed by atoms with Crippen molar-refractivity contribution in [1.82, 2.24) is 4.90 Å². The van der Waals surface area contributed by atoms with Gasteiger partial charge in [0.25, 0.3) is 5.91 Å². The third-order valence-electron chi connectivity index (χ3n) is 3.48. The molecule has 4 nitrogen and oxygen atoms in total. The van der Waals surface area contributed by atoms with E-state index in [0.717, 1.165) is 4.90 Å². The summed E-state index contributed by atoms with van der Waals surface area (Å²) in [5.74, 6) is -0.244. The Bertz CT molecular complexity index is 532. The van der Waals surface area contributed by atoms with E-state index in [4.69, 9.17) is 4.74 Å². The quantitative estimate of drug-likeness (QED) is 0.931. The van der Waals surface area contributed by atoms with Crippen LogP contribution in [0.25, 0.3) is 0 Å². The Kier molecular flexibility index (Phi) is 4.13. The highest BCUT2D eigenvalue weighted by Gasteiger charge is 2.57. The van der Waals surface area contributed by atoms with Crippen LogP contribution in [0.15, 0.2) is 24.3 Å². The van der Waals surface area contributed by atoms with Gasteiger partial charge in [0.1, 0.15) is 5.75 Å². The zero-order valence-corrected chi connectivity index (χ0v) is 11.5. The molecule has 7 heteroatoms. The molecule has 1 fully saturated rings. The highest BCUT2D eigenvalue weighted by Crippen LogP contribution is 2.38. The number of carbonyl (C=O) groups excluding carboxylic acids is 1. The van der Waals surface area contributed by atoms with E-state index < -0.39 is 30.7 Å². The second-order valence-electron chi connectivity index (χ2n) is 4.94. The molecule has 0 aliphatic carbocycles. The molecule has 1 aromatic rings. The molecule has 116 valence electrons. The zero-order chi connectivity index (χ0) is 15.7. The standard InChI is InChI=1S/C14H16F3NO3/c1-2-21-11-6-4-3-5-10(11)12(19)18-8-7-13(20,9-18)14(15,16)17/h3-6,20H,2,7-9H2,1H3/t13-/m1/s1. The van der Waals surface area contributed by atoms with E-state index >= 15 is 0 Å². The Balaban J connectivity index is 2.20. The predicted molar refractivity (Wildman–Crippen MR) is 69.1 cm³/mol. The SMILES string of the molecule is CCOc1ccccc1C(=O)N1CC[C@](O)(C(F)(F)F)C1. The molecular weight excluding hydrogens is 287 g/mol. The number of β-amino-alcohol motifs (C(OH)–C–C–N with tert-alkyl or cyclic N) is 1. The number of ether oxygens (including phenoxy) is 1. The fraction of sp³-hybridized carbons (Fsp3) is 0.500. The lowest BCUT2D eigenvalue weighted by molar-refractivity contribution is -0.253. The highest BCUT2D eigenvalue weighted by atomic mass is 19.4. The average molecular weight is 303 g/mol. The first-order valence-electron chi connectivity index (χ1n) is 6.59. The van der Waals surface area contributed by atoms with Gasteiger partial charge in [-0.25, -0.2) is 0 Å². The van der Waals surface area contributed by atoms with Crippen molar-refractivity contribution in [2.75, 3.05) is 19.7 Å². The summed E-state index contributed by atoms with van der Waals surface area (Å²) in [6, 6.07) is 6.38. The third-order valence-corrected chi connectivity index (χ3v) is 3.48. The molecule has 1 amide bonds. The molecule has 1 N–H and O–H groups in total. The molecule has 0 bridgehead atoms. The maximum absolute atomic E-state index is 12.8. The van der Waals surface area contributed by atoms with Crippen LogP contribution < -0.4 is 4.74 Å². The lowest BCUT2D eigenvalue weighted by atomic mass is 10.0. The lowest BCUT2D eigenvalue weighted by Crippen LogP contribution is -2.48. The largest absolute Gasteiger partial charge is 0.493 e. The summed E-state index contributed by atoms with van der Waals surface area (Å²) in [4.78, 5) is 13.3. The molecular formula is C14H16F3NO3. The molecule has 21 heavy (non-hydrogen) atoms. The van der Waals surface area contributed by atoms with Crippen LogP contribution in [0, 0.1) is 0 Å². The number of hydrogen-bond donors (Lipinski definition) is 1. The monoisotopic (exact) mass is 303 g/mol. The smallest absolute Gasteiger partial charge is 0.419 e. The minimum absolute atomic E-state index is 0.144. The molecule has 1 heterocycles. The summed E-state index contributed by atoms with van der Waals surface area (Å²) in [5.41, 5.74) is -2.63. The van der Waals surface area contributed by atoms with Crippen LogP contribution in [0.2, 0.25) is 0 Å². The normalized spacial score (nSPS) is 22.4. The number of alkyl halides is 3. The molecule has 1 aliphatic rings. The number of likely N-dealkylation sites (tertiary alicyclic amines) is 1. The average Bonchev–Trinajstić information content (AvgIpc) is 2.83. The fourth-order valence-electron chi connectivity index (χ4n) is 2.29. The zero-order valence-electron chi connectivity index (χ0n) is 11.5. The van der Waals surface area contributed by atoms with Crippen molar-refractivity contribution in [3.05, 3.63) is 29.8 Å². The van der Waals surface area contributed by atoms with Gasteiger partial charge in [-0.1, -0.05) is 12.1 Å². The highest BCUT2D eigenvalue weighted by molar-refractivity contribution is 5.97. The maximum atomic E-state index is 12.8. The summed E-state index contributed by atoms with van der Waals surface area (Å²) in [5, 5.41) is 9.62. The fourth-order valence-corrected chi connectivity index (χ4v) is 2.29. The molecule has 0 saturated carbocycles. The first kappa shape index (κ1) is 15.6. The van der Waals surface area contributed by atoms with E-state index in [1.54, 1.807) is 25.1 Å². The molecule has 1 aliphatic heterocycles. The van der Waals surface area contributed by atoms with E-state index in [1.807, 2.05) is 0 Å². The summed E-state index contributed by atoms with van der Waals surface area (Å²) >= 11 is 0. The van der Waals surface area contributed by atoms with Gasteiger partial charge in [-0.05, 0) is 19.1 Å². The van der Waals surface area contributed by atoms with Gasteiger partial charge in [0.15, 0.2) is 5.60 Å². The maximum Gasteiger partial charge on any atom is 0.419 e. The van der Waals surface area contributed by atoms with Gasteiger partial charge in [0.2, 0.25) is 0 Å². The second-order valence-corrected chi connectivity index (χ2v) is 4.94. The third kappa shape index (κ3) is 2.97. The molecule has 0 spiro atoms. The number of aliphatic hydroxyl groups is 1. The Morgan fingerprint density at radius 1 is 1.43 bits per heavy atom. The molecule has 2 rings (SSSR count). The van der Waals surface area contributed by atoms with Gasteiger partial charge < -0.3 is 14.7 Å². The summed E-state index contributed by atoms with van der Waals surface area (Å²) < 4.78 is 43.6. The number of nitrogens with zero attached hydrogens (tertiary/aromatic N) is 1. The Morgan fingerprint density at radius 2 is 2.10 bits per heavy atom. The van der Waals surface area contributed by atoms with E-state index in [0.29, 0.717) is 12.4 Å². The van der Waals surface area contributed by atoms with Crippen molar-refractivity contribution in [1.29, 1.82) is 0 Å². The van der Waals surface area contributed by atoms with Crippen molar-refractivity contribution in [3.8, 4) is 5.75 Å². The van der Waals surface area contributed by atoms with Crippen molar-refractivity contribution >= 4 is 5.91 Å². The van der Waals surface area contributed by atoms with Crippen LogP contribution in [0.3, 0.4) is 0 Å². The van der Waals surface area contributed by atoms with Crippen LogP contribution in [0.5, 0.6) is 5.75 Å². The first-order valence-corrected chi connectivity index (χ1v) is 6.59. The van der Waals surface area contributed by atoms with Gasteiger partial charge in [-0.3, -0.25) is 4.79 Å². The molecule has 0 aromatic heterocycles. The molecule has 0 unspecified atom stereocenters. The predicted octanol–water partition coefficient (Wildman–Crippen LogP) is 2.22. The Morgan fingerprint density at radius 3 is 2.67 bits per heavy atom. The van der Waals surface area contributed by atoms with Gasteiger partial charge in [-0.2, -0.15) is 13.2 Å². The minimum Gasteiger partial charge on any atom is -0.493 e. The summed E-state index contributed by atoms with van der Waals surface area (Å²) in [7, 11) is 0. The number of benzene rings is 1. The minimum atomic E-state index is -4.75. The second kappa shape index (κ2) is 5.55. The number of amides is 1. The topological polar surface area (TPSA) is 49.8 Å². The van der Waals surface area contributed by atoms with Crippen molar-refractivity contribution in [3.63, 3.8) is 0 Å². The van der Waals surface area contributed by atoms with Gasteiger partial charge in [-0.15, -0.1) is 0 Å². The van der Waals surface area contributed by atoms with Crippen molar-refractivity contribution in [2.45, 2.75) is 25.1 Å². The Labute approximate surface area is 120 Å². The van der Waals surface area contributed by atoms with E-state index in [9.17, 15) is 23.1 Å². The Hall–Kier alpha value is -1.76. The van der Waals surface area contributed by atoms with Crippen LogP contribution in [0.4, 0.5) is 13.2 Å². The van der Waals surface area contributed by atoms with E-state index in [1.165, 1.54) is 6.07 Å². The lowest BCUT2D eigenvalue weighted by Gasteiger charge is -2.26. The van der Waals surface area contributed by atoms with E-state index in [-0.39, 0.29) is 12.1 Å². The van der Waals surface area contributed by atoms with Crippen molar-refractivity contribution < 1.29 is 27.8 Å². The molecule has 1 aromatic carbocycles. The number of para-hydroxylation sites is 1. The number of hydrogen-bond acceptors (Lipinski definition) is 3. The molecule has 1 atom stereocenters. The van der Waals surface area contributed by atoms with Crippen LogP contribution in [-0.4, -0.2) is 47.4 Å². The van der Waals surface area contributed by atoms with Gasteiger partial charge >= 0.3 is 6.18 Å². The number of rotatable bonds is 3.